The molecule has 0 unspecified atom stereocenters. The molecule has 0 aliphatic heterocycles. The van der Waals surface area contributed by atoms with Gasteiger partial charge < -0.3 is 9.47 Å². The zero-order valence-corrected chi connectivity index (χ0v) is 12.1. The molecule has 0 atom stereocenters. The van der Waals surface area contributed by atoms with E-state index in [4.69, 9.17) is 9.47 Å². The minimum absolute atomic E-state index is 0.288. The van der Waals surface area contributed by atoms with Crippen molar-refractivity contribution in [2.45, 2.75) is 13.3 Å². The normalized spacial score (nSPS) is 10.8. The SMILES string of the molecule is CCCOC(=O)Oc1c2ccccc2cc2c(F)cccc12. The Hall–Kier alpha value is -2.62. The van der Waals surface area contributed by atoms with E-state index in [1.165, 1.54) is 6.07 Å². The van der Waals surface area contributed by atoms with Gasteiger partial charge in [-0.05, 0) is 23.9 Å². The van der Waals surface area contributed by atoms with Crippen molar-refractivity contribution in [1.29, 1.82) is 0 Å². The number of ether oxygens (including phenoxy) is 2. The van der Waals surface area contributed by atoms with Crippen LogP contribution >= 0.6 is 0 Å². The third-order valence-corrected chi connectivity index (χ3v) is 3.41. The Kier molecular flexibility index (Phi) is 3.92. The predicted octanol–water partition coefficient (Wildman–Crippen LogP) is 5.06. The van der Waals surface area contributed by atoms with Crippen LogP contribution < -0.4 is 4.74 Å². The van der Waals surface area contributed by atoms with Crippen LogP contribution in [0.4, 0.5) is 9.18 Å². The summed E-state index contributed by atoms with van der Waals surface area (Å²) in [6, 6.07) is 13.9. The second kappa shape index (κ2) is 6.02. The third kappa shape index (κ3) is 2.60. The first-order chi connectivity index (χ1) is 10.7. The number of carbonyl (C=O) groups excluding carboxylic acids is 1. The molecule has 0 heterocycles. The number of hydrogen-bond donors (Lipinski definition) is 0. The van der Waals surface area contributed by atoms with Crippen LogP contribution in [0.2, 0.25) is 0 Å². The first-order valence-corrected chi connectivity index (χ1v) is 7.15. The van der Waals surface area contributed by atoms with Crippen molar-refractivity contribution in [3.05, 3.63) is 54.3 Å². The Balaban J connectivity index is 2.19. The van der Waals surface area contributed by atoms with Crippen molar-refractivity contribution in [2.75, 3.05) is 6.61 Å². The quantitative estimate of drug-likeness (QED) is 0.385. The van der Waals surface area contributed by atoms with Crippen LogP contribution in [-0.4, -0.2) is 12.8 Å². The average Bonchev–Trinajstić information content (AvgIpc) is 2.53. The molecule has 0 saturated carbocycles. The number of rotatable bonds is 3. The molecule has 3 rings (SSSR count). The van der Waals surface area contributed by atoms with E-state index >= 15 is 0 Å². The monoisotopic (exact) mass is 298 g/mol. The van der Waals surface area contributed by atoms with Gasteiger partial charge in [-0.1, -0.05) is 43.3 Å². The maximum absolute atomic E-state index is 14.1. The highest BCUT2D eigenvalue weighted by molar-refractivity contribution is 6.06. The van der Waals surface area contributed by atoms with Crippen molar-refractivity contribution in [3.8, 4) is 5.75 Å². The Morgan fingerprint density at radius 3 is 2.64 bits per heavy atom. The van der Waals surface area contributed by atoms with E-state index in [-0.39, 0.29) is 12.4 Å². The number of fused-ring (bicyclic) bond motifs is 2. The summed E-state index contributed by atoms with van der Waals surface area (Å²) in [4.78, 5) is 11.8. The molecule has 3 aromatic rings. The lowest BCUT2D eigenvalue weighted by molar-refractivity contribution is 0.100. The summed E-state index contributed by atoms with van der Waals surface area (Å²) in [6.07, 6.45) is -0.0659. The van der Waals surface area contributed by atoms with E-state index in [1.807, 2.05) is 31.2 Å². The molecule has 0 bridgehead atoms. The fourth-order valence-corrected chi connectivity index (χ4v) is 2.42. The van der Waals surface area contributed by atoms with Crippen LogP contribution in [0.1, 0.15) is 13.3 Å². The average molecular weight is 298 g/mol. The first kappa shape index (κ1) is 14.3. The lowest BCUT2D eigenvalue weighted by atomic mass is 10.0. The smallest absolute Gasteiger partial charge is 0.434 e. The van der Waals surface area contributed by atoms with Gasteiger partial charge in [-0.2, -0.15) is 0 Å². The van der Waals surface area contributed by atoms with Crippen molar-refractivity contribution >= 4 is 27.7 Å². The summed E-state index contributed by atoms with van der Waals surface area (Å²) >= 11 is 0. The molecule has 112 valence electrons. The van der Waals surface area contributed by atoms with Crippen LogP contribution in [0.25, 0.3) is 21.5 Å². The molecule has 0 radical (unpaired) electrons. The predicted molar refractivity (Wildman–Crippen MR) is 83.7 cm³/mol. The fourth-order valence-electron chi connectivity index (χ4n) is 2.42. The highest BCUT2D eigenvalue weighted by Crippen LogP contribution is 2.36. The maximum atomic E-state index is 14.1. The van der Waals surface area contributed by atoms with E-state index in [9.17, 15) is 9.18 Å². The van der Waals surface area contributed by atoms with Gasteiger partial charge in [-0.25, -0.2) is 9.18 Å². The van der Waals surface area contributed by atoms with Gasteiger partial charge in [0.15, 0.2) is 0 Å². The van der Waals surface area contributed by atoms with E-state index in [0.717, 1.165) is 10.8 Å². The van der Waals surface area contributed by atoms with Gasteiger partial charge in [0.2, 0.25) is 0 Å². The molecule has 0 amide bonds. The summed E-state index contributed by atoms with van der Waals surface area (Å²) in [5, 5.41) is 2.51. The molecule has 3 aromatic carbocycles. The van der Waals surface area contributed by atoms with Crippen molar-refractivity contribution in [2.24, 2.45) is 0 Å². The topological polar surface area (TPSA) is 35.5 Å². The maximum Gasteiger partial charge on any atom is 0.513 e. The van der Waals surface area contributed by atoms with Gasteiger partial charge in [-0.3, -0.25) is 0 Å². The summed E-state index contributed by atoms with van der Waals surface area (Å²) in [5.41, 5.74) is 0. The minimum atomic E-state index is -0.774. The Labute approximate surface area is 127 Å². The second-order valence-corrected chi connectivity index (χ2v) is 4.96. The molecule has 0 fully saturated rings. The molecule has 4 heteroatoms. The first-order valence-electron chi connectivity index (χ1n) is 7.15. The zero-order chi connectivity index (χ0) is 15.5. The second-order valence-electron chi connectivity index (χ2n) is 4.96. The van der Waals surface area contributed by atoms with Gasteiger partial charge in [-0.15, -0.1) is 0 Å². The molecular formula is C18H15FO3. The standard InChI is InChI=1S/C18H15FO3/c1-2-10-21-18(20)22-17-13-7-4-3-6-12(13)11-15-14(17)8-5-9-16(15)19/h3-9,11H,2,10H2,1H3. The Bertz CT molecular complexity index is 842. The molecule has 22 heavy (non-hydrogen) atoms. The number of hydrogen-bond acceptors (Lipinski definition) is 3. The molecule has 0 saturated heterocycles. The lowest BCUT2D eigenvalue weighted by Crippen LogP contribution is -2.11. The van der Waals surface area contributed by atoms with Crippen LogP contribution in [0.15, 0.2) is 48.5 Å². The van der Waals surface area contributed by atoms with Crippen molar-refractivity contribution < 1.29 is 18.7 Å². The summed E-state index contributed by atoms with van der Waals surface area (Å²) in [6.45, 7) is 2.19. The highest BCUT2D eigenvalue weighted by atomic mass is 19.1. The minimum Gasteiger partial charge on any atom is -0.434 e. The number of halogens is 1. The zero-order valence-electron chi connectivity index (χ0n) is 12.1. The van der Waals surface area contributed by atoms with Crippen LogP contribution in [0.5, 0.6) is 5.75 Å². The molecule has 3 nitrogen and oxygen atoms in total. The van der Waals surface area contributed by atoms with E-state index in [2.05, 4.69) is 0 Å². The van der Waals surface area contributed by atoms with E-state index < -0.39 is 6.16 Å². The van der Waals surface area contributed by atoms with Crippen LogP contribution in [0, 0.1) is 5.82 Å². The van der Waals surface area contributed by atoms with Crippen molar-refractivity contribution in [1.82, 2.24) is 0 Å². The highest BCUT2D eigenvalue weighted by Gasteiger charge is 2.15. The van der Waals surface area contributed by atoms with E-state index in [1.54, 1.807) is 18.2 Å². The Morgan fingerprint density at radius 1 is 1.05 bits per heavy atom. The molecule has 0 aromatic heterocycles. The van der Waals surface area contributed by atoms with Gasteiger partial charge in [0.25, 0.3) is 0 Å². The van der Waals surface area contributed by atoms with Gasteiger partial charge in [0.1, 0.15) is 11.6 Å². The Morgan fingerprint density at radius 2 is 1.82 bits per heavy atom. The van der Waals surface area contributed by atoms with Gasteiger partial charge in [0, 0.05) is 16.2 Å². The fraction of sp³-hybridized carbons (Fsp3) is 0.167. The summed E-state index contributed by atoms with van der Waals surface area (Å²) < 4.78 is 24.4. The molecular weight excluding hydrogens is 283 g/mol. The van der Waals surface area contributed by atoms with Crippen LogP contribution in [0.3, 0.4) is 0 Å². The van der Waals surface area contributed by atoms with Gasteiger partial charge in [0.05, 0.1) is 6.61 Å². The summed E-state index contributed by atoms with van der Waals surface area (Å²) in [5.74, 6) is -0.0243. The number of benzene rings is 3. The molecule has 0 spiro atoms. The molecule has 0 aliphatic rings. The van der Waals surface area contributed by atoms with Crippen LogP contribution in [-0.2, 0) is 4.74 Å². The van der Waals surface area contributed by atoms with Crippen molar-refractivity contribution in [3.63, 3.8) is 0 Å². The summed E-state index contributed by atoms with van der Waals surface area (Å²) in [7, 11) is 0. The molecule has 0 aliphatic carbocycles. The van der Waals surface area contributed by atoms with Gasteiger partial charge >= 0.3 is 6.16 Å². The van der Waals surface area contributed by atoms with E-state index in [0.29, 0.717) is 22.9 Å². The number of carbonyl (C=O) groups is 1. The molecule has 0 N–H and O–H groups in total. The third-order valence-electron chi connectivity index (χ3n) is 3.41. The lowest BCUT2D eigenvalue weighted by Gasteiger charge is -2.12. The largest absolute Gasteiger partial charge is 0.513 e.